The third-order valence-corrected chi connectivity index (χ3v) is 5.08. The largest absolute Gasteiger partial charge is 0.317 e. The van der Waals surface area contributed by atoms with Gasteiger partial charge in [-0.15, -0.1) is 0 Å². The minimum atomic E-state index is 0.700. The molecule has 2 aliphatic rings. The molecule has 1 aliphatic carbocycles. The fourth-order valence-corrected chi connectivity index (χ4v) is 3.64. The fraction of sp³-hybridized carbons (Fsp3) is 1.00. The van der Waals surface area contributed by atoms with Gasteiger partial charge in [0.25, 0.3) is 0 Å². The first-order valence-corrected chi connectivity index (χ1v) is 7.72. The molecule has 0 aromatic carbocycles. The van der Waals surface area contributed by atoms with Crippen LogP contribution in [0.5, 0.6) is 0 Å². The summed E-state index contributed by atoms with van der Waals surface area (Å²) in [5.41, 5.74) is 0. The summed E-state index contributed by atoms with van der Waals surface area (Å²) in [6, 6.07) is 1.62. The van der Waals surface area contributed by atoms with Crippen LogP contribution in [0.2, 0.25) is 0 Å². The van der Waals surface area contributed by atoms with E-state index in [1.165, 1.54) is 64.5 Å². The highest BCUT2D eigenvalue weighted by Gasteiger charge is 2.27. The summed E-state index contributed by atoms with van der Waals surface area (Å²) in [5.74, 6) is 0.905. The van der Waals surface area contributed by atoms with Crippen molar-refractivity contribution in [1.29, 1.82) is 0 Å². The van der Waals surface area contributed by atoms with E-state index in [0.29, 0.717) is 6.04 Å². The molecule has 100 valence electrons. The van der Waals surface area contributed by atoms with Gasteiger partial charge < -0.3 is 10.2 Å². The molecule has 1 unspecified atom stereocenters. The van der Waals surface area contributed by atoms with Crippen LogP contribution in [0.15, 0.2) is 0 Å². The Balaban J connectivity index is 1.77. The van der Waals surface area contributed by atoms with Crippen LogP contribution in [0.1, 0.15) is 58.3 Å². The molecule has 0 bridgehead atoms. The summed E-state index contributed by atoms with van der Waals surface area (Å²) < 4.78 is 0. The summed E-state index contributed by atoms with van der Waals surface area (Å²) in [4.78, 5) is 2.80. The summed E-state index contributed by atoms with van der Waals surface area (Å²) in [7, 11) is 2.10. The van der Waals surface area contributed by atoms with E-state index >= 15 is 0 Å². The summed E-state index contributed by atoms with van der Waals surface area (Å²) >= 11 is 0. The highest BCUT2D eigenvalue weighted by atomic mass is 15.2. The van der Waals surface area contributed by atoms with E-state index in [1.807, 2.05) is 0 Å². The maximum absolute atomic E-state index is 3.42. The molecule has 17 heavy (non-hydrogen) atoms. The maximum Gasteiger partial charge on any atom is 0.00952 e. The topological polar surface area (TPSA) is 15.3 Å². The predicted octanol–water partition coefficient (Wildman–Crippen LogP) is 3.03. The molecule has 1 N–H and O–H groups in total. The maximum atomic E-state index is 3.42. The second kappa shape index (κ2) is 6.75. The Kier molecular flexibility index (Phi) is 5.30. The van der Waals surface area contributed by atoms with Crippen LogP contribution in [0.4, 0.5) is 0 Å². The predicted molar refractivity (Wildman–Crippen MR) is 74.3 cm³/mol. The quantitative estimate of drug-likeness (QED) is 0.760. The molecule has 0 spiro atoms. The number of hydrogen-bond acceptors (Lipinski definition) is 2. The van der Waals surface area contributed by atoms with Crippen molar-refractivity contribution in [1.82, 2.24) is 10.2 Å². The van der Waals surface area contributed by atoms with Crippen LogP contribution in [0.25, 0.3) is 0 Å². The molecular formula is C15H30N2. The van der Waals surface area contributed by atoms with Gasteiger partial charge in [0.05, 0.1) is 0 Å². The molecule has 2 fully saturated rings. The highest BCUT2D eigenvalue weighted by Crippen LogP contribution is 2.27. The van der Waals surface area contributed by atoms with Crippen LogP contribution in [-0.4, -0.2) is 37.1 Å². The molecule has 1 aliphatic heterocycles. The van der Waals surface area contributed by atoms with Gasteiger partial charge in [-0.1, -0.05) is 25.7 Å². The van der Waals surface area contributed by atoms with E-state index in [1.54, 1.807) is 0 Å². The lowest BCUT2D eigenvalue weighted by molar-refractivity contribution is 0.110. The lowest BCUT2D eigenvalue weighted by Gasteiger charge is -2.39. The van der Waals surface area contributed by atoms with Crippen molar-refractivity contribution in [2.45, 2.75) is 70.4 Å². The van der Waals surface area contributed by atoms with Crippen molar-refractivity contribution in [3.05, 3.63) is 0 Å². The smallest absolute Gasteiger partial charge is 0.00952 e. The number of hydrogen-bond donors (Lipinski definition) is 1. The first-order chi connectivity index (χ1) is 8.31. The third kappa shape index (κ3) is 3.69. The Morgan fingerprint density at radius 1 is 0.941 bits per heavy atom. The number of rotatable bonds is 3. The van der Waals surface area contributed by atoms with Gasteiger partial charge in [-0.05, 0) is 58.7 Å². The van der Waals surface area contributed by atoms with Gasteiger partial charge in [0, 0.05) is 12.1 Å². The van der Waals surface area contributed by atoms with Gasteiger partial charge >= 0.3 is 0 Å². The highest BCUT2D eigenvalue weighted by molar-refractivity contribution is 4.83. The average Bonchev–Trinajstić information content (AvgIpc) is 2.67. The Morgan fingerprint density at radius 2 is 1.53 bits per heavy atom. The summed E-state index contributed by atoms with van der Waals surface area (Å²) in [5, 5.41) is 3.42. The molecule has 1 saturated heterocycles. The summed E-state index contributed by atoms with van der Waals surface area (Å²) in [6.45, 7) is 5.04. The van der Waals surface area contributed by atoms with Crippen LogP contribution < -0.4 is 5.32 Å². The standard InChI is InChI=1S/C15H30N2/c1-13(16-2)14-9-11-17(12-10-14)15-7-5-3-4-6-8-15/h13-16H,3-12H2,1-2H3. The van der Waals surface area contributed by atoms with Crippen molar-refractivity contribution in [3.63, 3.8) is 0 Å². The Hall–Kier alpha value is -0.0800. The van der Waals surface area contributed by atoms with Crippen LogP contribution >= 0.6 is 0 Å². The van der Waals surface area contributed by atoms with Crippen molar-refractivity contribution in [2.24, 2.45) is 5.92 Å². The first-order valence-electron chi connectivity index (χ1n) is 7.72. The minimum Gasteiger partial charge on any atom is -0.317 e. The number of nitrogens with zero attached hydrogens (tertiary/aromatic N) is 1. The molecule has 1 saturated carbocycles. The lowest BCUT2D eigenvalue weighted by atomic mass is 9.89. The number of likely N-dealkylation sites (tertiary alicyclic amines) is 1. The first kappa shape index (κ1) is 13.4. The van der Waals surface area contributed by atoms with Gasteiger partial charge in [0.15, 0.2) is 0 Å². The zero-order chi connectivity index (χ0) is 12.1. The minimum absolute atomic E-state index is 0.700. The molecule has 2 nitrogen and oxygen atoms in total. The van der Waals surface area contributed by atoms with Crippen molar-refractivity contribution in [2.75, 3.05) is 20.1 Å². The molecule has 0 amide bonds. The zero-order valence-electron chi connectivity index (χ0n) is 11.8. The van der Waals surface area contributed by atoms with E-state index < -0.39 is 0 Å². The molecular weight excluding hydrogens is 208 g/mol. The Labute approximate surface area is 107 Å². The molecule has 0 radical (unpaired) electrons. The zero-order valence-corrected chi connectivity index (χ0v) is 11.8. The van der Waals surface area contributed by atoms with Gasteiger partial charge in [-0.25, -0.2) is 0 Å². The van der Waals surface area contributed by atoms with Gasteiger partial charge in [0.1, 0.15) is 0 Å². The van der Waals surface area contributed by atoms with E-state index in [9.17, 15) is 0 Å². The van der Waals surface area contributed by atoms with Crippen LogP contribution in [-0.2, 0) is 0 Å². The van der Waals surface area contributed by atoms with Crippen molar-refractivity contribution < 1.29 is 0 Å². The molecule has 2 heteroatoms. The third-order valence-electron chi connectivity index (χ3n) is 5.08. The monoisotopic (exact) mass is 238 g/mol. The molecule has 2 rings (SSSR count). The van der Waals surface area contributed by atoms with E-state index in [4.69, 9.17) is 0 Å². The van der Waals surface area contributed by atoms with E-state index in [-0.39, 0.29) is 0 Å². The lowest BCUT2D eigenvalue weighted by Crippen LogP contribution is -2.45. The SMILES string of the molecule is CNC(C)C1CCN(C2CCCCCC2)CC1. The van der Waals surface area contributed by atoms with Crippen LogP contribution in [0, 0.1) is 5.92 Å². The molecule has 0 aromatic rings. The number of piperidine rings is 1. The summed E-state index contributed by atoms with van der Waals surface area (Å²) in [6.07, 6.45) is 11.6. The van der Waals surface area contributed by atoms with Gasteiger partial charge in [0.2, 0.25) is 0 Å². The normalized spacial score (nSPS) is 27.9. The number of nitrogens with one attached hydrogen (secondary N) is 1. The average molecular weight is 238 g/mol. The second-order valence-corrected chi connectivity index (χ2v) is 6.10. The van der Waals surface area contributed by atoms with Crippen molar-refractivity contribution in [3.8, 4) is 0 Å². The van der Waals surface area contributed by atoms with Gasteiger partial charge in [-0.2, -0.15) is 0 Å². The molecule has 1 heterocycles. The molecule has 0 aromatic heterocycles. The van der Waals surface area contributed by atoms with E-state index in [0.717, 1.165) is 12.0 Å². The van der Waals surface area contributed by atoms with E-state index in [2.05, 4.69) is 24.2 Å². The van der Waals surface area contributed by atoms with Gasteiger partial charge in [-0.3, -0.25) is 0 Å². The second-order valence-electron chi connectivity index (χ2n) is 6.10. The Morgan fingerprint density at radius 3 is 2.06 bits per heavy atom. The van der Waals surface area contributed by atoms with Crippen LogP contribution in [0.3, 0.4) is 0 Å². The van der Waals surface area contributed by atoms with Crippen molar-refractivity contribution >= 4 is 0 Å². The Bertz CT molecular complexity index is 201. The molecule has 1 atom stereocenters. The fourth-order valence-electron chi connectivity index (χ4n) is 3.64.